The van der Waals surface area contributed by atoms with Gasteiger partial charge >= 0.3 is 6.03 Å². The summed E-state index contributed by atoms with van der Waals surface area (Å²) in [5, 5.41) is 2.41. The topological polar surface area (TPSA) is 115 Å². The molecule has 0 fully saturated rings. The highest BCUT2D eigenvalue weighted by atomic mass is 19.1. The highest BCUT2D eigenvalue weighted by Crippen LogP contribution is 2.27. The number of carbonyl (C=O) groups is 3. The second-order valence-electron chi connectivity index (χ2n) is 6.67. The Labute approximate surface area is 181 Å². The summed E-state index contributed by atoms with van der Waals surface area (Å²) in [5.41, 5.74) is 5.74. The molecule has 0 saturated heterocycles. The van der Waals surface area contributed by atoms with Crippen LogP contribution < -0.4 is 15.8 Å². The molecule has 3 aromatic rings. The smallest absolute Gasteiger partial charge is 0.328 e. The number of benzene rings is 2. The SMILES string of the molecule is CN(C(=O)Cc1ccc(F)cc1)C(=O)Nc1ccc(Oc2ccnc(C(N)=O)c2)c(F)c1. The van der Waals surface area contributed by atoms with Crippen molar-refractivity contribution in [1.82, 2.24) is 9.88 Å². The molecule has 0 aliphatic heterocycles. The van der Waals surface area contributed by atoms with Crippen molar-refractivity contribution < 1.29 is 27.9 Å². The Morgan fingerprint density at radius 1 is 1.06 bits per heavy atom. The maximum absolute atomic E-state index is 14.4. The lowest BCUT2D eigenvalue weighted by Gasteiger charge is -2.17. The van der Waals surface area contributed by atoms with Gasteiger partial charge in [-0.05, 0) is 35.9 Å². The van der Waals surface area contributed by atoms with Crippen molar-refractivity contribution in [3.63, 3.8) is 0 Å². The third kappa shape index (κ3) is 5.63. The fourth-order valence-corrected chi connectivity index (χ4v) is 2.61. The Balaban J connectivity index is 1.63. The standard InChI is InChI=1S/C22H18F2N4O4/c1-28(20(29)10-13-2-4-14(23)5-3-13)22(31)27-15-6-7-19(17(24)11-15)32-16-8-9-26-18(12-16)21(25)30/h2-9,11-12H,10H2,1H3,(H2,25,30)(H,27,31). The van der Waals surface area contributed by atoms with Gasteiger partial charge in [0.05, 0.1) is 6.42 Å². The number of likely N-dealkylation sites (N-methyl/N-ethyl adjacent to an activating group) is 1. The number of halogens is 2. The molecule has 2 aromatic carbocycles. The Kier molecular flexibility index (Phi) is 6.74. The van der Waals surface area contributed by atoms with E-state index in [0.717, 1.165) is 11.0 Å². The van der Waals surface area contributed by atoms with Gasteiger partial charge in [-0.2, -0.15) is 0 Å². The molecule has 0 radical (unpaired) electrons. The summed E-state index contributed by atoms with van der Waals surface area (Å²) >= 11 is 0. The molecular weight excluding hydrogens is 422 g/mol. The van der Waals surface area contributed by atoms with E-state index in [0.29, 0.717) is 5.56 Å². The van der Waals surface area contributed by atoms with Gasteiger partial charge in [-0.15, -0.1) is 0 Å². The van der Waals surface area contributed by atoms with Crippen LogP contribution in [0.1, 0.15) is 16.1 Å². The fourth-order valence-electron chi connectivity index (χ4n) is 2.61. The minimum Gasteiger partial charge on any atom is -0.454 e. The van der Waals surface area contributed by atoms with Crippen LogP contribution in [0.3, 0.4) is 0 Å². The third-order valence-corrected chi connectivity index (χ3v) is 4.34. The lowest BCUT2D eigenvalue weighted by atomic mass is 10.1. The predicted octanol–water partition coefficient (Wildman–Crippen LogP) is 3.48. The van der Waals surface area contributed by atoms with E-state index in [1.165, 1.54) is 61.8 Å². The number of pyridine rings is 1. The molecular formula is C22H18F2N4O4. The van der Waals surface area contributed by atoms with Crippen molar-refractivity contribution in [2.45, 2.75) is 6.42 Å². The van der Waals surface area contributed by atoms with Crippen LogP contribution in [0.25, 0.3) is 0 Å². The Morgan fingerprint density at radius 3 is 2.44 bits per heavy atom. The Bertz CT molecular complexity index is 1170. The second kappa shape index (κ2) is 9.65. The molecule has 4 amide bonds. The van der Waals surface area contributed by atoms with Crippen molar-refractivity contribution in [2.75, 3.05) is 12.4 Å². The molecule has 3 rings (SSSR count). The van der Waals surface area contributed by atoms with Crippen LogP contribution in [0.4, 0.5) is 19.3 Å². The Hall–Kier alpha value is -4.34. The molecule has 3 N–H and O–H groups in total. The van der Waals surface area contributed by atoms with E-state index in [1.54, 1.807) is 0 Å². The van der Waals surface area contributed by atoms with Gasteiger partial charge in [0.1, 0.15) is 17.3 Å². The maximum atomic E-state index is 14.4. The van der Waals surface area contributed by atoms with E-state index in [-0.39, 0.29) is 29.3 Å². The van der Waals surface area contributed by atoms with Crippen LogP contribution in [0.2, 0.25) is 0 Å². The third-order valence-electron chi connectivity index (χ3n) is 4.34. The second-order valence-corrected chi connectivity index (χ2v) is 6.67. The van der Waals surface area contributed by atoms with Gasteiger partial charge in [-0.25, -0.2) is 13.6 Å². The van der Waals surface area contributed by atoms with E-state index < -0.39 is 29.5 Å². The van der Waals surface area contributed by atoms with Crippen LogP contribution in [0, 0.1) is 11.6 Å². The average molecular weight is 440 g/mol. The van der Waals surface area contributed by atoms with Crippen molar-refractivity contribution in [1.29, 1.82) is 0 Å². The van der Waals surface area contributed by atoms with Crippen molar-refractivity contribution in [3.05, 3.63) is 83.7 Å². The molecule has 32 heavy (non-hydrogen) atoms. The zero-order chi connectivity index (χ0) is 23.3. The molecule has 0 aliphatic carbocycles. The molecule has 164 valence electrons. The number of aromatic nitrogens is 1. The first-order valence-electron chi connectivity index (χ1n) is 9.28. The summed E-state index contributed by atoms with van der Waals surface area (Å²) in [5.74, 6) is -2.52. The Morgan fingerprint density at radius 2 is 1.78 bits per heavy atom. The summed E-state index contributed by atoms with van der Waals surface area (Å²) in [7, 11) is 1.27. The number of primary amides is 1. The molecule has 1 aromatic heterocycles. The molecule has 0 unspecified atom stereocenters. The van der Waals surface area contributed by atoms with Crippen LogP contribution in [0.5, 0.6) is 11.5 Å². The molecule has 0 atom stereocenters. The number of nitrogens with zero attached hydrogens (tertiary/aromatic N) is 2. The van der Waals surface area contributed by atoms with Gasteiger partial charge in [0.15, 0.2) is 11.6 Å². The highest BCUT2D eigenvalue weighted by molar-refractivity contribution is 6.01. The zero-order valence-electron chi connectivity index (χ0n) is 16.8. The first kappa shape index (κ1) is 22.3. The van der Waals surface area contributed by atoms with E-state index in [2.05, 4.69) is 10.3 Å². The molecule has 0 bridgehead atoms. The molecule has 10 heteroatoms. The number of rotatable bonds is 6. The molecule has 1 heterocycles. The highest BCUT2D eigenvalue weighted by Gasteiger charge is 2.18. The number of ether oxygens (including phenoxy) is 1. The first-order chi connectivity index (χ1) is 15.2. The maximum Gasteiger partial charge on any atom is 0.328 e. The van der Waals surface area contributed by atoms with Crippen LogP contribution in [-0.4, -0.2) is 34.8 Å². The molecule has 0 saturated carbocycles. The summed E-state index contributed by atoms with van der Waals surface area (Å²) in [6.07, 6.45) is 1.19. The minimum absolute atomic E-state index is 0.0415. The fraction of sp³-hybridized carbons (Fsp3) is 0.0909. The van der Waals surface area contributed by atoms with Crippen LogP contribution in [-0.2, 0) is 11.2 Å². The number of hydrogen-bond donors (Lipinski definition) is 2. The van der Waals surface area contributed by atoms with Gasteiger partial charge in [-0.3, -0.25) is 19.5 Å². The number of imide groups is 1. The average Bonchev–Trinajstić information content (AvgIpc) is 2.76. The summed E-state index contributed by atoms with van der Waals surface area (Å²) in [6.45, 7) is 0. The molecule has 0 aliphatic rings. The number of carbonyl (C=O) groups excluding carboxylic acids is 3. The quantitative estimate of drug-likeness (QED) is 0.609. The monoisotopic (exact) mass is 440 g/mol. The lowest BCUT2D eigenvalue weighted by Crippen LogP contribution is -2.37. The van der Waals surface area contributed by atoms with Gasteiger partial charge in [-0.1, -0.05) is 12.1 Å². The summed E-state index contributed by atoms with van der Waals surface area (Å²) < 4.78 is 32.8. The van der Waals surface area contributed by atoms with Crippen LogP contribution in [0.15, 0.2) is 60.8 Å². The zero-order valence-corrected chi connectivity index (χ0v) is 16.8. The summed E-state index contributed by atoms with van der Waals surface area (Å²) in [4.78, 5) is 40.4. The molecule has 0 spiro atoms. The minimum atomic E-state index is -0.791. The number of hydrogen-bond acceptors (Lipinski definition) is 5. The summed E-state index contributed by atoms with van der Waals surface area (Å²) in [6, 6.07) is 10.9. The number of anilines is 1. The number of nitrogens with one attached hydrogen (secondary N) is 1. The van der Waals surface area contributed by atoms with Gasteiger partial charge in [0.25, 0.3) is 5.91 Å². The normalized spacial score (nSPS) is 10.3. The van der Waals surface area contributed by atoms with Crippen LogP contribution >= 0.6 is 0 Å². The van der Waals surface area contributed by atoms with Crippen molar-refractivity contribution >= 4 is 23.5 Å². The van der Waals surface area contributed by atoms with E-state index in [9.17, 15) is 23.2 Å². The van der Waals surface area contributed by atoms with Crippen molar-refractivity contribution in [3.8, 4) is 11.5 Å². The van der Waals surface area contributed by atoms with Gasteiger partial charge in [0.2, 0.25) is 5.91 Å². The predicted molar refractivity (Wildman–Crippen MR) is 111 cm³/mol. The van der Waals surface area contributed by atoms with Crippen molar-refractivity contribution in [2.24, 2.45) is 5.73 Å². The van der Waals surface area contributed by atoms with E-state index >= 15 is 0 Å². The lowest BCUT2D eigenvalue weighted by molar-refractivity contribution is -0.126. The number of amides is 4. The molecule has 8 nitrogen and oxygen atoms in total. The number of urea groups is 1. The van der Waals surface area contributed by atoms with Gasteiger partial charge in [0, 0.05) is 31.1 Å². The number of nitrogens with two attached hydrogens (primary N) is 1. The van der Waals surface area contributed by atoms with Gasteiger partial charge < -0.3 is 15.8 Å². The van der Waals surface area contributed by atoms with E-state index in [1.807, 2.05) is 0 Å². The van der Waals surface area contributed by atoms with E-state index in [4.69, 9.17) is 10.5 Å². The first-order valence-corrected chi connectivity index (χ1v) is 9.28. The largest absolute Gasteiger partial charge is 0.454 e.